The molecule has 0 unspecified atom stereocenters. The molecule has 1 aromatic carbocycles. The van der Waals surface area contributed by atoms with Crippen molar-refractivity contribution in [2.24, 2.45) is 0 Å². The predicted octanol–water partition coefficient (Wildman–Crippen LogP) is 2.67. The van der Waals surface area contributed by atoms with Gasteiger partial charge >= 0.3 is 5.97 Å². The molecule has 1 saturated heterocycles. The van der Waals surface area contributed by atoms with E-state index in [-0.39, 0.29) is 12.4 Å². The number of halogens is 1. The molecular formula is C14H17ClO4. The molecule has 19 heavy (non-hydrogen) atoms. The first-order valence-corrected chi connectivity index (χ1v) is 6.65. The van der Waals surface area contributed by atoms with E-state index < -0.39 is 5.79 Å². The number of carbonyl (C=O) groups excluding carboxylic acids is 1. The molecule has 0 aromatic heterocycles. The summed E-state index contributed by atoms with van der Waals surface area (Å²) in [7, 11) is 0. The van der Waals surface area contributed by atoms with Crippen molar-refractivity contribution in [3.05, 3.63) is 34.3 Å². The van der Waals surface area contributed by atoms with Crippen molar-refractivity contribution in [2.45, 2.75) is 26.1 Å². The van der Waals surface area contributed by atoms with Gasteiger partial charge < -0.3 is 14.2 Å². The molecule has 1 fully saturated rings. The first kappa shape index (κ1) is 14.3. The zero-order valence-electron chi connectivity index (χ0n) is 11.1. The molecule has 0 saturated carbocycles. The summed E-state index contributed by atoms with van der Waals surface area (Å²) in [5.74, 6) is -1.05. The second-order valence-corrected chi connectivity index (χ2v) is 4.85. The van der Waals surface area contributed by atoms with Crippen LogP contribution in [0.4, 0.5) is 0 Å². The second kappa shape index (κ2) is 5.90. The third-order valence-corrected chi connectivity index (χ3v) is 3.33. The Morgan fingerprint density at radius 1 is 1.42 bits per heavy atom. The summed E-state index contributed by atoms with van der Waals surface area (Å²) < 4.78 is 16.0. The van der Waals surface area contributed by atoms with Crippen LogP contribution in [0.1, 0.15) is 25.0 Å². The average molecular weight is 285 g/mol. The van der Waals surface area contributed by atoms with Gasteiger partial charge in [-0.1, -0.05) is 23.7 Å². The van der Waals surface area contributed by atoms with Crippen LogP contribution in [0.25, 0.3) is 0 Å². The summed E-state index contributed by atoms with van der Waals surface area (Å²) in [5, 5.41) is 0.534. The molecule has 2 rings (SSSR count). The summed E-state index contributed by atoms with van der Waals surface area (Å²) in [5.41, 5.74) is 1.59. The molecule has 1 aromatic rings. The predicted molar refractivity (Wildman–Crippen MR) is 71.0 cm³/mol. The molecule has 0 bridgehead atoms. The largest absolute Gasteiger partial charge is 0.466 e. The number of hydrogen-bond donors (Lipinski definition) is 0. The molecule has 104 valence electrons. The summed E-state index contributed by atoms with van der Waals surface area (Å²) in [6.45, 7) is 5.11. The van der Waals surface area contributed by atoms with Crippen LogP contribution in [0.5, 0.6) is 0 Å². The minimum Gasteiger partial charge on any atom is -0.466 e. The van der Waals surface area contributed by atoms with E-state index in [4.69, 9.17) is 25.8 Å². The fraction of sp³-hybridized carbons (Fsp3) is 0.500. The molecule has 0 spiro atoms. The van der Waals surface area contributed by atoms with Gasteiger partial charge in [-0.05, 0) is 25.5 Å². The molecular weight excluding hydrogens is 268 g/mol. The van der Waals surface area contributed by atoms with Gasteiger partial charge in [-0.15, -0.1) is 0 Å². The van der Waals surface area contributed by atoms with E-state index in [0.717, 1.165) is 11.1 Å². The van der Waals surface area contributed by atoms with Crippen LogP contribution in [-0.2, 0) is 31.2 Å². The zero-order chi connectivity index (χ0) is 13.9. The van der Waals surface area contributed by atoms with E-state index in [2.05, 4.69) is 0 Å². The van der Waals surface area contributed by atoms with Crippen LogP contribution in [0.2, 0.25) is 5.02 Å². The van der Waals surface area contributed by atoms with Gasteiger partial charge in [0.25, 0.3) is 0 Å². The van der Waals surface area contributed by atoms with Crippen LogP contribution in [-0.4, -0.2) is 25.8 Å². The SMILES string of the molecule is CCOC(=O)Cc1ccc(C2(C)OCCO2)c(Cl)c1. The van der Waals surface area contributed by atoms with Crippen molar-refractivity contribution >= 4 is 17.6 Å². The lowest BCUT2D eigenvalue weighted by atomic mass is 10.0. The average Bonchev–Trinajstić information content (AvgIpc) is 2.77. The van der Waals surface area contributed by atoms with E-state index in [1.807, 2.05) is 19.1 Å². The Morgan fingerprint density at radius 2 is 2.11 bits per heavy atom. The van der Waals surface area contributed by atoms with E-state index in [1.165, 1.54) is 0 Å². The monoisotopic (exact) mass is 284 g/mol. The summed E-state index contributed by atoms with van der Waals surface area (Å²) in [4.78, 5) is 11.4. The highest BCUT2D eigenvalue weighted by Crippen LogP contribution is 2.35. The molecule has 5 heteroatoms. The third-order valence-electron chi connectivity index (χ3n) is 3.01. The fourth-order valence-corrected chi connectivity index (χ4v) is 2.46. The Balaban J connectivity index is 2.15. The van der Waals surface area contributed by atoms with Crippen LogP contribution in [0.3, 0.4) is 0 Å². The van der Waals surface area contributed by atoms with E-state index >= 15 is 0 Å². The van der Waals surface area contributed by atoms with Crippen LogP contribution in [0, 0.1) is 0 Å². The zero-order valence-corrected chi connectivity index (χ0v) is 11.8. The molecule has 0 N–H and O–H groups in total. The lowest BCUT2D eigenvalue weighted by molar-refractivity contribution is -0.149. The minimum atomic E-state index is -0.792. The normalized spacial score (nSPS) is 17.4. The standard InChI is InChI=1S/C14H17ClO4/c1-3-17-13(16)9-10-4-5-11(12(15)8-10)14(2)18-6-7-19-14/h4-5,8H,3,6-7,9H2,1-2H3. The lowest BCUT2D eigenvalue weighted by Gasteiger charge is -2.24. The third kappa shape index (κ3) is 3.26. The molecule has 1 aliphatic rings. The lowest BCUT2D eigenvalue weighted by Crippen LogP contribution is -2.23. The topological polar surface area (TPSA) is 44.8 Å². The van der Waals surface area contributed by atoms with Crippen molar-refractivity contribution < 1.29 is 19.0 Å². The van der Waals surface area contributed by atoms with Crippen molar-refractivity contribution in [1.29, 1.82) is 0 Å². The Morgan fingerprint density at radius 3 is 2.68 bits per heavy atom. The Bertz CT molecular complexity index is 467. The molecule has 1 aliphatic heterocycles. The molecule has 0 amide bonds. The highest BCUT2D eigenvalue weighted by molar-refractivity contribution is 6.31. The van der Waals surface area contributed by atoms with Crippen molar-refractivity contribution in [2.75, 3.05) is 19.8 Å². The highest BCUT2D eigenvalue weighted by Gasteiger charge is 2.34. The van der Waals surface area contributed by atoms with Crippen LogP contribution < -0.4 is 0 Å². The molecule has 0 aliphatic carbocycles. The number of rotatable bonds is 4. The van der Waals surface area contributed by atoms with E-state index in [0.29, 0.717) is 24.8 Å². The maximum absolute atomic E-state index is 11.4. The Kier molecular flexibility index (Phi) is 4.45. The van der Waals surface area contributed by atoms with Gasteiger partial charge in [0.05, 0.1) is 26.2 Å². The summed E-state index contributed by atoms with van der Waals surface area (Å²) in [6.07, 6.45) is 0.215. The van der Waals surface area contributed by atoms with Crippen LogP contribution in [0.15, 0.2) is 18.2 Å². The van der Waals surface area contributed by atoms with Crippen molar-refractivity contribution in [3.8, 4) is 0 Å². The van der Waals surface area contributed by atoms with Crippen LogP contribution >= 0.6 is 11.6 Å². The first-order valence-electron chi connectivity index (χ1n) is 6.27. The van der Waals surface area contributed by atoms with Gasteiger partial charge in [0, 0.05) is 10.6 Å². The van der Waals surface area contributed by atoms with E-state index in [1.54, 1.807) is 13.0 Å². The Hall–Kier alpha value is -1.10. The molecule has 0 radical (unpaired) electrons. The maximum Gasteiger partial charge on any atom is 0.310 e. The number of hydrogen-bond acceptors (Lipinski definition) is 4. The van der Waals surface area contributed by atoms with Gasteiger partial charge in [0.15, 0.2) is 5.79 Å². The Labute approximate surface area is 117 Å². The van der Waals surface area contributed by atoms with E-state index in [9.17, 15) is 4.79 Å². The second-order valence-electron chi connectivity index (χ2n) is 4.44. The van der Waals surface area contributed by atoms with Gasteiger partial charge in [0.1, 0.15) is 0 Å². The van der Waals surface area contributed by atoms with Gasteiger partial charge in [-0.25, -0.2) is 0 Å². The van der Waals surface area contributed by atoms with Crippen molar-refractivity contribution in [1.82, 2.24) is 0 Å². The van der Waals surface area contributed by atoms with Gasteiger partial charge in [0.2, 0.25) is 0 Å². The molecule has 0 atom stereocenters. The highest BCUT2D eigenvalue weighted by atomic mass is 35.5. The fourth-order valence-electron chi connectivity index (χ4n) is 2.09. The molecule has 1 heterocycles. The number of carbonyl (C=O) groups is 1. The summed E-state index contributed by atoms with van der Waals surface area (Å²) >= 11 is 6.25. The molecule has 4 nitrogen and oxygen atoms in total. The minimum absolute atomic E-state index is 0.215. The van der Waals surface area contributed by atoms with Gasteiger partial charge in [-0.2, -0.15) is 0 Å². The van der Waals surface area contributed by atoms with Gasteiger partial charge in [-0.3, -0.25) is 4.79 Å². The number of benzene rings is 1. The number of esters is 1. The summed E-state index contributed by atoms with van der Waals surface area (Å²) in [6, 6.07) is 5.43. The first-order chi connectivity index (χ1) is 9.05. The van der Waals surface area contributed by atoms with Crippen molar-refractivity contribution in [3.63, 3.8) is 0 Å². The number of ether oxygens (including phenoxy) is 3. The smallest absolute Gasteiger partial charge is 0.310 e. The maximum atomic E-state index is 11.4. The quantitative estimate of drug-likeness (QED) is 0.798.